The number of carbonyl (C=O) groups excluding carboxylic acids is 1. The minimum atomic E-state index is -3.58. The summed E-state index contributed by atoms with van der Waals surface area (Å²) in [5.74, 6) is 0.608. The van der Waals surface area contributed by atoms with Gasteiger partial charge in [0.2, 0.25) is 10.0 Å². The van der Waals surface area contributed by atoms with Crippen LogP contribution < -0.4 is 20.1 Å². The number of carbonyl (C=O) groups is 1. The molecule has 0 spiro atoms. The SMILES string of the molecule is CCC(C)NS(=O)(=O)c1ccc(NC(=S)NC(=O)c2ccccc2OCCC(C)C)cc1. The molecule has 32 heavy (non-hydrogen) atoms. The van der Waals surface area contributed by atoms with Crippen molar-refractivity contribution in [3.8, 4) is 5.75 Å². The lowest BCUT2D eigenvalue weighted by atomic mass is 10.1. The largest absolute Gasteiger partial charge is 0.493 e. The number of benzene rings is 2. The van der Waals surface area contributed by atoms with E-state index in [1.807, 2.05) is 19.9 Å². The Kier molecular flexibility index (Phi) is 9.61. The average molecular weight is 478 g/mol. The molecule has 2 aromatic rings. The highest BCUT2D eigenvalue weighted by molar-refractivity contribution is 7.89. The van der Waals surface area contributed by atoms with Crippen molar-refractivity contribution in [3.63, 3.8) is 0 Å². The first-order valence-electron chi connectivity index (χ1n) is 10.6. The van der Waals surface area contributed by atoms with Crippen molar-refractivity contribution in [2.45, 2.75) is 51.5 Å². The molecule has 0 bridgehead atoms. The number of rotatable bonds is 10. The van der Waals surface area contributed by atoms with Gasteiger partial charge in [-0.15, -0.1) is 0 Å². The lowest BCUT2D eigenvalue weighted by Crippen LogP contribution is -2.34. The second kappa shape index (κ2) is 11.9. The van der Waals surface area contributed by atoms with Crippen molar-refractivity contribution in [2.24, 2.45) is 5.92 Å². The summed E-state index contributed by atoms with van der Waals surface area (Å²) in [5, 5.41) is 5.63. The predicted octanol–water partition coefficient (Wildman–Crippen LogP) is 4.32. The van der Waals surface area contributed by atoms with Gasteiger partial charge >= 0.3 is 0 Å². The minimum Gasteiger partial charge on any atom is -0.493 e. The lowest BCUT2D eigenvalue weighted by Gasteiger charge is -2.14. The van der Waals surface area contributed by atoms with Gasteiger partial charge in [0.05, 0.1) is 17.1 Å². The molecule has 1 unspecified atom stereocenters. The quantitative estimate of drug-likeness (QED) is 0.441. The molecular weight excluding hydrogens is 446 g/mol. The van der Waals surface area contributed by atoms with Crippen LogP contribution in [0.25, 0.3) is 0 Å². The van der Waals surface area contributed by atoms with Crippen molar-refractivity contribution in [3.05, 3.63) is 54.1 Å². The Bertz CT molecular complexity index is 1020. The van der Waals surface area contributed by atoms with Crippen molar-refractivity contribution in [1.82, 2.24) is 10.0 Å². The summed E-state index contributed by atoms with van der Waals surface area (Å²) in [6.45, 7) is 8.45. The van der Waals surface area contributed by atoms with Crippen LogP contribution in [-0.4, -0.2) is 32.1 Å². The standard InChI is InChI=1S/C23H31N3O4S2/c1-5-17(4)26-32(28,29)19-12-10-18(11-13-19)24-23(31)25-22(27)20-8-6-7-9-21(20)30-15-14-16(2)3/h6-13,16-17,26H,5,14-15H2,1-4H3,(H2,24,25,27,31). The molecule has 0 fully saturated rings. The molecule has 3 N–H and O–H groups in total. The molecule has 0 saturated carbocycles. The summed E-state index contributed by atoms with van der Waals surface area (Å²) in [4.78, 5) is 12.8. The first-order chi connectivity index (χ1) is 15.1. The number of anilines is 1. The van der Waals surface area contributed by atoms with Crippen molar-refractivity contribution in [2.75, 3.05) is 11.9 Å². The van der Waals surface area contributed by atoms with E-state index in [9.17, 15) is 13.2 Å². The van der Waals surface area contributed by atoms with E-state index < -0.39 is 10.0 Å². The molecule has 0 aliphatic carbocycles. The summed E-state index contributed by atoms with van der Waals surface area (Å²) >= 11 is 5.24. The molecule has 0 radical (unpaired) electrons. The van der Waals surface area contributed by atoms with Crippen molar-refractivity contribution < 1.29 is 17.9 Å². The summed E-state index contributed by atoms with van der Waals surface area (Å²) in [6, 6.07) is 13.0. The van der Waals surface area contributed by atoms with Gasteiger partial charge in [-0.05, 0) is 74.3 Å². The van der Waals surface area contributed by atoms with E-state index >= 15 is 0 Å². The fourth-order valence-electron chi connectivity index (χ4n) is 2.65. The molecule has 2 aromatic carbocycles. The first-order valence-corrected chi connectivity index (χ1v) is 12.5. The summed E-state index contributed by atoms with van der Waals surface area (Å²) < 4.78 is 33.1. The molecule has 0 aliphatic rings. The van der Waals surface area contributed by atoms with Crippen LogP contribution in [0.5, 0.6) is 5.75 Å². The molecule has 0 aromatic heterocycles. The molecule has 0 heterocycles. The van der Waals surface area contributed by atoms with Crippen LogP contribution in [0.3, 0.4) is 0 Å². The lowest BCUT2D eigenvalue weighted by molar-refractivity contribution is 0.0973. The summed E-state index contributed by atoms with van der Waals surface area (Å²) in [5.41, 5.74) is 0.942. The van der Waals surface area contributed by atoms with E-state index in [0.29, 0.717) is 35.9 Å². The van der Waals surface area contributed by atoms with E-state index in [1.165, 1.54) is 12.1 Å². The maximum absolute atomic E-state index is 12.7. The fraction of sp³-hybridized carbons (Fsp3) is 0.391. The number of para-hydroxylation sites is 1. The normalized spacial score (nSPS) is 12.3. The van der Waals surface area contributed by atoms with E-state index in [0.717, 1.165) is 6.42 Å². The molecule has 1 amide bonds. The molecule has 9 heteroatoms. The molecule has 0 saturated heterocycles. The Morgan fingerprint density at radius 3 is 2.34 bits per heavy atom. The van der Waals surface area contributed by atoms with Crippen LogP contribution in [0.15, 0.2) is 53.4 Å². The van der Waals surface area contributed by atoms with Crippen molar-refractivity contribution >= 4 is 38.9 Å². The van der Waals surface area contributed by atoms with Crippen LogP contribution >= 0.6 is 12.2 Å². The van der Waals surface area contributed by atoms with Gasteiger partial charge in [-0.1, -0.05) is 32.9 Å². The second-order valence-electron chi connectivity index (χ2n) is 7.89. The second-order valence-corrected chi connectivity index (χ2v) is 10.0. The number of thiocarbonyl (C=S) groups is 1. The van der Waals surface area contributed by atoms with Crippen LogP contribution in [-0.2, 0) is 10.0 Å². The topological polar surface area (TPSA) is 96.5 Å². The number of hydrogen-bond acceptors (Lipinski definition) is 5. The summed E-state index contributed by atoms with van der Waals surface area (Å²) in [6.07, 6.45) is 1.58. The van der Waals surface area contributed by atoms with Gasteiger partial charge in [-0.3, -0.25) is 10.1 Å². The Morgan fingerprint density at radius 1 is 1.06 bits per heavy atom. The van der Waals surface area contributed by atoms with Crippen LogP contribution in [0.1, 0.15) is 50.9 Å². The fourth-order valence-corrected chi connectivity index (χ4v) is 4.19. The minimum absolute atomic E-state index is 0.0975. The molecule has 7 nitrogen and oxygen atoms in total. The zero-order valence-electron chi connectivity index (χ0n) is 18.8. The van der Waals surface area contributed by atoms with Crippen LogP contribution in [0.2, 0.25) is 0 Å². The number of hydrogen-bond donors (Lipinski definition) is 3. The number of amides is 1. The van der Waals surface area contributed by atoms with Crippen molar-refractivity contribution in [1.29, 1.82) is 0 Å². The molecular formula is C23H31N3O4S2. The van der Waals surface area contributed by atoms with Gasteiger partial charge in [0.1, 0.15) is 5.75 Å². The van der Waals surface area contributed by atoms with Crippen LogP contribution in [0, 0.1) is 5.92 Å². The molecule has 1 atom stereocenters. The maximum atomic E-state index is 12.7. The summed E-state index contributed by atoms with van der Waals surface area (Å²) in [7, 11) is -3.58. The third-order valence-electron chi connectivity index (χ3n) is 4.70. The van der Waals surface area contributed by atoms with Gasteiger partial charge in [0.25, 0.3) is 5.91 Å². The van der Waals surface area contributed by atoms with Gasteiger partial charge in [0.15, 0.2) is 5.11 Å². The molecule has 2 rings (SSSR count). The van der Waals surface area contributed by atoms with Crippen LogP contribution in [0.4, 0.5) is 5.69 Å². The highest BCUT2D eigenvalue weighted by atomic mass is 32.2. The zero-order chi connectivity index (χ0) is 23.7. The van der Waals surface area contributed by atoms with E-state index in [2.05, 4.69) is 29.2 Å². The monoisotopic (exact) mass is 477 g/mol. The smallest absolute Gasteiger partial charge is 0.261 e. The van der Waals surface area contributed by atoms with Gasteiger partial charge in [-0.2, -0.15) is 0 Å². The number of sulfonamides is 1. The predicted molar refractivity (Wildman–Crippen MR) is 132 cm³/mol. The Morgan fingerprint density at radius 2 is 1.72 bits per heavy atom. The van der Waals surface area contributed by atoms with E-state index in [1.54, 1.807) is 30.3 Å². The maximum Gasteiger partial charge on any atom is 0.261 e. The number of nitrogens with one attached hydrogen (secondary N) is 3. The Labute approximate surface area is 196 Å². The van der Waals surface area contributed by atoms with E-state index in [4.69, 9.17) is 17.0 Å². The Balaban J connectivity index is 1.99. The van der Waals surface area contributed by atoms with E-state index in [-0.39, 0.29) is 22.0 Å². The molecule has 0 aliphatic heterocycles. The average Bonchev–Trinajstić information content (AvgIpc) is 2.73. The van der Waals surface area contributed by atoms with Gasteiger partial charge in [-0.25, -0.2) is 13.1 Å². The highest BCUT2D eigenvalue weighted by Gasteiger charge is 2.17. The highest BCUT2D eigenvalue weighted by Crippen LogP contribution is 2.19. The molecule has 174 valence electrons. The third-order valence-corrected chi connectivity index (χ3v) is 6.51. The first kappa shape index (κ1) is 25.8. The van der Waals surface area contributed by atoms with Gasteiger partial charge < -0.3 is 10.1 Å². The van der Waals surface area contributed by atoms with Gasteiger partial charge in [0, 0.05) is 11.7 Å². The Hall–Kier alpha value is -2.49. The number of ether oxygens (including phenoxy) is 1. The third kappa shape index (κ3) is 7.89. The zero-order valence-corrected chi connectivity index (χ0v) is 20.5.